The molecule has 0 fully saturated rings. The first-order valence-corrected chi connectivity index (χ1v) is 9.80. The van der Waals surface area contributed by atoms with Crippen LogP contribution in [0.15, 0.2) is 0 Å². The summed E-state index contributed by atoms with van der Waals surface area (Å²) in [6.07, 6.45) is 2.18. The first kappa shape index (κ1) is 17.5. The van der Waals surface area contributed by atoms with Crippen LogP contribution in [-0.2, 0) is 17.7 Å². The van der Waals surface area contributed by atoms with Crippen molar-refractivity contribution in [1.29, 1.82) is 0 Å². The van der Waals surface area contributed by atoms with Gasteiger partial charge in [-0.1, -0.05) is 12.0 Å². The molecule has 0 bridgehead atoms. The highest BCUT2D eigenvalue weighted by atomic mass is 32.1. The summed E-state index contributed by atoms with van der Waals surface area (Å²) < 4.78 is 7.07. The van der Waals surface area contributed by atoms with Gasteiger partial charge in [-0.2, -0.15) is 9.50 Å². The van der Waals surface area contributed by atoms with E-state index >= 15 is 0 Å². The second-order valence-corrected chi connectivity index (χ2v) is 7.41. The highest BCUT2D eigenvalue weighted by Gasteiger charge is 2.25. The third kappa shape index (κ3) is 3.25. The van der Waals surface area contributed by atoms with E-state index in [4.69, 9.17) is 9.84 Å². The van der Waals surface area contributed by atoms with Crippen molar-refractivity contribution in [3.63, 3.8) is 0 Å². The highest BCUT2D eigenvalue weighted by molar-refractivity contribution is 7.19. The van der Waals surface area contributed by atoms with Crippen LogP contribution in [0.5, 0.6) is 0 Å². The van der Waals surface area contributed by atoms with Crippen LogP contribution in [0, 0.1) is 0 Å². The van der Waals surface area contributed by atoms with E-state index in [0.717, 1.165) is 42.1 Å². The van der Waals surface area contributed by atoms with E-state index in [1.807, 2.05) is 0 Å². The minimum atomic E-state index is 0.0339. The van der Waals surface area contributed by atoms with Crippen molar-refractivity contribution in [2.45, 2.75) is 26.3 Å². The Morgan fingerprint density at radius 1 is 1.35 bits per heavy atom. The Hall–Kier alpha value is -1.88. The molecule has 1 aliphatic heterocycles. The number of anilines is 1. The maximum absolute atomic E-state index is 8.80. The summed E-state index contributed by atoms with van der Waals surface area (Å²) in [6, 6.07) is 0. The summed E-state index contributed by atoms with van der Waals surface area (Å²) in [5, 5.41) is 25.2. The van der Waals surface area contributed by atoms with Crippen LogP contribution in [0.25, 0.3) is 16.0 Å². The molecule has 2 N–H and O–H groups in total. The molecule has 26 heavy (non-hydrogen) atoms. The zero-order chi connectivity index (χ0) is 17.9. The molecule has 0 radical (unpaired) electrons. The Kier molecular flexibility index (Phi) is 5.25. The Bertz CT molecular complexity index is 894. The average Bonchev–Trinajstić information content (AvgIpc) is 3.25. The molecule has 0 aliphatic carbocycles. The number of thiophene rings is 1. The number of aliphatic hydroxyl groups is 1. The smallest absolute Gasteiger partial charge is 0.276 e. The number of tetrazole rings is 1. The number of aliphatic hydroxyl groups excluding tert-OH is 1. The van der Waals surface area contributed by atoms with Gasteiger partial charge in [0, 0.05) is 24.5 Å². The molecule has 0 saturated carbocycles. The Morgan fingerprint density at radius 2 is 2.27 bits per heavy atom. The molecule has 0 amide bonds. The molecule has 4 heterocycles. The monoisotopic (exact) mass is 377 g/mol. The van der Waals surface area contributed by atoms with Gasteiger partial charge in [0.2, 0.25) is 0 Å². The number of rotatable bonds is 8. The Labute approximate surface area is 155 Å². The maximum atomic E-state index is 8.80. The summed E-state index contributed by atoms with van der Waals surface area (Å²) in [5.74, 6) is 1.32. The van der Waals surface area contributed by atoms with Gasteiger partial charge in [-0.05, 0) is 35.4 Å². The summed E-state index contributed by atoms with van der Waals surface area (Å²) >= 11 is 1.76. The molecule has 3 aromatic rings. The van der Waals surface area contributed by atoms with Gasteiger partial charge in [-0.3, -0.25) is 4.90 Å². The molecule has 0 saturated heterocycles. The third-order valence-corrected chi connectivity index (χ3v) is 5.72. The average molecular weight is 377 g/mol. The normalized spacial score (nSPS) is 15.0. The fraction of sp³-hybridized carbons (Fsp3) is 0.625. The van der Waals surface area contributed by atoms with Crippen molar-refractivity contribution in [3.8, 4) is 0 Å². The number of hydrogen-bond donors (Lipinski definition) is 2. The zero-order valence-corrected chi connectivity index (χ0v) is 15.6. The van der Waals surface area contributed by atoms with Crippen LogP contribution >= 0.6 is 11.3 Å². The Morgan fingerprint density at radius 3 is 3.12 bits per heavy atom. The van der Waals surface area contributed by atoms with Crippen LogP contribution in [-0.4, -0.2) is 74.5 Å². The van der Waals surface area contributed by atoms with Gasteiger partial charge in [0.05, 0.1) is 25.2 Å². The first-order valence-electron chi connectivity index (χ1n) is 8.99. The largest absolute Gasteiger partial charge is 0.394 e. The van der Waals surface area contributed by atoms with Crippen molar-refractivity contribution in [2.75, 3.05) is 44.8 Å². The van der Waals surface area contributed by atoms with Crippen LogP contribution in [0.1, 0.15) is 23.8 Å². The molecular formula is C16H23N7O2S. The Balaban J connectivity index is 1.68. The van der Waals surface area contributed by atoms with Crippen LogP contribution in [0.4, 0.5) is 5.82 Å². The summed E-state index contributed by atoms with van der Waals surface area (Å²) in [4.78, 5) is 9.54. The summed E-state index contributed by atoms with van der Waals surface area (Å²) in [6.45, 7) is 6.90. The van der Waals surface area contributed by atoms with E-state index in [1.54, 1.807) is 15.9 Å². The van der Waals surface area contributed by atoms with E-state index in [0.29, 0.717) is 25.5 Å². The lowest BCUT2D eigenvalue weighted by Crippen LogP contribution is -2.30. The number of aromatic nitrogens is 5. The zero-order valence-electron chi connectivity index (χ0n) is 14.8. The predicted octanol–water partition coefficient (Wildman–Crippen LogP) is 0.923. The molecule has 3 aromatic heterocycles. The van der Waals surface area contributed by atoms with Crippen molar-refractivity contribution >= 4 is 33.1 Å². The number of nitrogens with zero attached hydrogens (tertiary/aromatic N) is 6. The summed E-state index contributed by atoms with van der Waals surface area (Å²) in [5.41, 5.74) is 1.36. The van der Waals surface area contributed by atoms with Gasteiger partial charge in [-0.15, -0.1) is 11.3 Å². The van der Waals surface area contributed by atoms with Gasteiger partial charge in [-0.25, -0.2) is 0 Å². The molecule has 0 atom stereocenters. The van der Waals surface area contributed by atoms with E-state index in [2.05, 4.69) is 37.6 Å². The molecule has 0 aromatic carbocycles. The van der Waals surface area contributed by atoms with Gasteiger partial charge < -0.3 is 15.2 Å². The van der Waals surface area contributed by atoms with Gasteiger partial charge in [0.15, 0.2) is 0 Å². The van der Waals surface area contributed by atoms with E-state index in [1.165, 1.54) is 16.9 Å². The molecule has 140 valence electrons. The van der Waals surface area contributed by atoms with E-state index in [9.17, 15) is 0 Å². The fourth-order valence-corrected chi connectivity index (χ4v) is 4.75. The molecule has 1 aliphatic rings. The van der Waals surface area contributed by atoms with Crippen LogP contribution in [0.3, 0.4) is 0 Å². The molecule has 10 heteroatoms. The lowest BCUT2D eigenvalue weighted by Gasteiger charge is -2.26. The molecule has 4 rings (SSSR count). The molecule has 9 nitrogen and oxygen atoms in total. The summed E-state index contributed by atoms with van der Waals surface area (Å²) in [7, 11) is 0. The number of nitrogens with one attached hydrogen (secondary N) is 1. The standard InChI is InChI=1S/C16H23N7O2S/c1-2-5-22-6-3-11-12(10-22)26-15-13(11)14(17-4-8-25-9-7-24)18-16-19-20-21-23(15)16/h24H,2-10H2,1H3,(H,17,18,19,21). The minimum absolute atomic E-state index is 0.0339. The number of fused-ring (bicyclic) bond motifs is 5. The second kappa shape index (κ2) is 7.78. The van der Waals surface area contributed by atoms with Crippen molar-refractivity contribution in [2.24, 2.45) is 0 Å². The van der Waals surface area contributed by atoms with Crippen molar-refractivity contribution < 1.29 is 9.84 Å². The highest BCUT2D eigenvalue weighted by Crippen LogP contribution is 2.38. The van der Waals surface area contributed by atoms with Crippen LogP contribution in [0.2, 0.25) is 0 Å². The lowest BCUT2D eigenvalue weighted by molar-refractivity contribution is 0.0992. The molecule has 0 unspecified atom stereocenters. The van der Waals surface area contributed by atoms with Crippen LogP contribution < -0.4 is 5.32 Å². The lowest BCUT2D eigenvalue weighted by atomic mass is 10.0. The molecule has 0 spiro atoms. The predicted molar refractivity (Wildman–Crippen MR) is 99.6 cm³/mol. The van der Waals surface area contributed by atoms with Crippen molar-refractivity contribution in [3.05, 3.63) is 10.4 Å². The first-order chi connectivity index (χ1) is 12.8. The molecular weight excluding hydrogens is 354 g/mol. The van der Waals surface area contributed by atoms with Gasteiger partial charge in [0.1, 0.15) is 10.6 Å². The number of ether oxygens (including phenoxy) is 1. The minimum Gasteiger partial charge on any atom is -0.394 e. The van der Waals surface area contributed by atoms with E-state index < -0.39 is 0 Å². The quantitative estimate of drug-likeness (QED) is 0.559. The second-order valence-electron chi connectivity index (χ2n) is 6.32. The number of hydrogen-bond acceptors (Lipinski definition) is 9. The SMILES string of the molecule is CCCN1CCc2c(sc3c2c(NCCOCCO)nc2nnnn23)C1. The third-order valence-electron chi connectivity index (χ3n) is 4.53. The van der Waals surface area contributed by atoms with Gasteiger partial charge >= 0.3 is 0 Å². The van der Waals surface area contributed by atoms with Crippen molar-refractivity contribution in [1.82, 2.24) is 29.9 Å². The van der Waals surface area contributed by atoms with Gasteiger partial charge in [0.25, 0.3) is 5.78 Å². The fourth-order valence-electron chi connectivity index (χ4n) is 3.42. The maximum Gasteiger partial charge on any atom is 0.276 e. The van der Waals surface area contributed by atoms with E-state index in [-0.39, 0.29) is 6.61 Å². The topological polar surface area (TPSA) is 101 Å².